The molecule has 0 radical (unpaired) electrons. The molecule has 0 atom stereocenters. The summed E-state index contributed by atoms with van der Waals surface area (Å²) in [5.74, 6) is 0.947. The Morgan fingerprint density at radius 2 is 1.90 bits per heavy atom. The van der Waals surface area contributed by atoms with E-state index in [1.165, 1.54) is 12.8 Å². The minimum atomic E-state index is 0.627. The van der Waals surface area contributed by atoms with E-state index in [9.17, 15) is 0 Å². The Balaban J connectivity index is 1.55. The predicted octanol–water partition coefficient (Wildman–Crippen LogP) is 1.79. The SMILES string of the molecule is N#Cc1ccc2nc(N3CCN(C4CC4)CC3)cnc2c1. The van der Waals surface area contributed by atoms with Crippen molar-refractivity contribution in [1.82, 2.24) is 14.9 Å². The zero-order valence-electron chi connectivity index (χ0n) is 11.9. The third kappa shape index (κ3) is 2.43. The van der Waals surface area contributed by atoms with Gasteiger partial charge >= 0.3 is 0 Å². The molecule has 5 heteroatoms. The Morgan fingerprint density at radius 1 is 1.10 bits per heavy atom. The van der Waals surface area contributed by atoms with E-state index in [0.29, 0.717) is 5.56 Å². The minimum Gasteiger partial charge on any atom is -0.353 e. The molecule has 1 aromatic heterocycles. The van der Waals surface area contributed by atoms with E-state index in [4.69, 9.17) is 10.2 Å². The lowest BCUT2D eigenvalue weighted by Gasteiger charge is -2.35. The van der Waals surface area contributed by atoms with Gasteiger partial charge in [0.25, 0.3) is 0 Å². The maximum absolute atomic E-state index is 8.92. The van der Waals surface area contributed by atoms with Gasteiger partial charge in [-0.3, -0.25) is 9.88 Å². The Hall–Kier alpha value is -2.19. The van der Waals surface area contributed by atoms with Crippen LogP contribution in [0.15, 0.2) is 24.4 Å². The van der Waals surface area contributed by atoms with E-state index in [1.54, 1.807) is 12.1 Å². The zero-order chi connectivity index (χ0) is 14.2. The van der Waals surface area contributed by atoms with Crippen molar-refractivity contribution < 1.29 is 0 Å². The Labute approximate surface area is 123 Å². The number of hydrogen-bond acceptors (Lipinski definition) is 5. The fraction of sp³-hybridized carbons (Fsp3) is 0.438. The molecular weight excluding hydrogens is 262 g/mol. The molecule has 106 valence electrons. The minimum absolute atomic E-state index is 0.627. The molecule has 1 saturated carbocycles. The molecule has 2 aromatic rings. The predicted molar refractivity (Wildman–Crippen MR) is 81.1 cm³/mol. The molecular formula is C16H17N5. The van der Waals surface area contributed by atoms with E-state index >= 15 is 0 Å². The molecule has 2 aliphatic rings. The molecule has 2 heterocycles. The van der Waals surface area contributed by atoms with Crippen molar-refractivity contribution in [3.8, 4) is 6.07 Å². The highest BCUT2D eigenvalue weighted by molar-refractivity contribution is 5.77. The second-order valence-electron chi connectivity index (χ2n) is 5.80. The second kappa shape index (κ2) is 4.97. The van der Waals surface area contributed by atoms with Crippen LogP contribution in [-0.4, -0.2) is 47.1 Å². The molecule has 1 aliphatic carbocycles. The average Bonchev–Trinajstić information content (AvgIpc) is 3.39. The first kappa shape index (κ1) is 12.5. The third-order valence-corrected chi connectivity index (χ3v) is 4.36. The van der Waals surface area contributed by atoms with Crippen LogP contribution in [0.1, 0.15) is 18.4 Å². The molecule has 1 aliphatic heterocycles. The smallest absolute Gasteiger partial charge is 0.147 e. The summed E-state index contributed by atoms with van der Waals surface area (Å²) in [5, 5.41) is 8.92. The van der Waals surface area contributed by atoms with Gasteiger partial charge in [-0.2, -0.15) is 5.26 Å². The van der Waals surface area contributed by atoms with E-state index in [0.717, 1.165) is 49.1 Å². The van der Waals surface area contributed by atoms with Crippen LogP contribution in [0.4, 0.5) is 5.82 Å². The lowest BCUT2D eigenvalue weighted by Crippen LogP contribution is -2.47. The number of anilines is 1. The molecule has 1 saturated heterocycles. The summed E-state index contributed by atoms with van der Waals surface area (Å²) in [5.41, 5.74) is 2.27. The van der Waals surface area contributed by atoms with Gasteiger partial charge in [0.2, 0.25) is 0 Å². The van der Waals surface area contributed by atoms with E-state index in [-0.39, 0.29) is 0 Å². The lowest BCUT2D eigenvalue weighted by molar-refractivity contribution is 0.247. The third-order valence-electron chi connectivity index (χ3n) is 4.36. The van der Waals surface area contributed by atoms with Crippen LogP contribution in [0, 0.1) is 11.3 Å². The van der Waals surface area contributed by atoms with Crippen LogP contribution < -0.4 is 4.90 Å². The number of hydrogen-bond donors (Lipinski definition) is 0. The van der Waals surface area contributed by atoms with Gasteiger partial charge in [-0.1, -0.05) is 0 Å². The quantitative estimate of drug-likeness (QED) is 0.839. The molecule has 0 spiro atoms. The Bertz CT molecular complexity index is 708. The number of benzene rings is 1. The first-order valence-electron chi connectivity index (χ1n) is 7.49. The standard InChI is InChI=1S/C16H17N5/c17-10-12-1-4-14-15(9-12)18-11-16(19-14)21-7-5-20(6-8-21)13-2-3-13/h1,4,9,11,13H,2-3,5-8H2. The summed E-state index contributed by atoms with van der Waals surface area (Å²) < 4.78 is 0. The molecule has 21 heavy (non-hydrogen) atoms. The first-order valence-corrected chi connectivity index (χ1v) is 7.49. The highest BCUT2D eigenvalue weighted by atomic mass is 15.3. The largest absolute Gasteiger partial charge is 0.353 e. The van der Waals surface area contributed by atoms with Crippen LogP contribution in [0.25, 0.3) is 11.0 Å². The molecule has 0 amide bonds. The van der Waals surface area contributed by atoms with Gasteiger partial charge in [-0.05, 0) is 31.0 Å². The van der Waals surface area contributed by atoms with Crippen molar-refractivity contribution in [2.45, 2.75) is 18.9 Å². The van der Waals surface area contributed by atoms with Crippen LogP contribution in [0.5, 0.6) is 0 Å². The summed E-state index contributed by atoms with van der Waals surface area (Å²) in [6.45, 7) is 4.29. The van der Waals surface area contributed by atoms with Crippen LogP contribution >= 0.6 is 0 Å². The Kier molecular flexibility index (Phi) is 2.97. The van der Waals surface area contributed by atoms with E-state index < -0.39 is 0 Å². The van der Waals surface area contributed by atoms with Crippen molar-refractivity contribution in [2.75, 3.05) is 31.1 Å². The first-order chi connectivity index (χ1) is 10.3. The summed E-state index contributed by atoms with van der Waals surface area (Å²) in [7, 11) is 0. The molecule has 2 fully saturated rings. The molecule has 1 aromatic carbocycles. The molecule has 5 nitrogen and oxygen atoms in total. The molecule has 0 N–H and O–H groups in total. The van der Waals surface area contributed by atoms with Gasteiger partial charge < -0.3 is 4.90 Å². The zero-order valence-corrected chi connectivity index (χ0v) is 11.9. The monoisotopic (exact) mass is 279 g/mol. The number of fused-ring (bicyclic) bond motifs is 1. The Morgan fingerprint density at radius 3 is 2.62 bits per heavy atom. The summed E-state index contributed by atoms with van der Waals surface area (Å²) in [6.07, 6.45) is 4.57. The van der Waals surface area contributed by atoms with Crippen LogP contribution in [-0.2, 0) is 0 Å². The van der Waals surface area contributed by atoms with Crippen LogP contribution in [0.2, 0.25) is 0 Å². The highest BCUT2D eigenvalue weighted by Gasteiger charge is 2.31. The molecule has 0 bridgehead atoms. The van der Waals surface area contributed by atoms with Crippen LogP contribution in [0.3, 0.4) is 0 Å². The maximum Gasteiger partial charge on any atom is 0.147 e. The van der Waals surface area contributed by atoms with E-state index in [1.807, 2.05) is 12.3 Å². The number of nitrogens with zero attached hydrogens (tertiary/aromatic N) is 5. The topological polar surface area (TPSA) is 56.1 Å². The van der Waals surface area contributed by atoms with Crippen molar-refractivity contribution in [3.63, 3.8) is 0 Å². The fourth-order valence-electron chi connectivity index (χ4n) is 2.98. The van der Waals surface area contributed by atoms with E-state index in [2.05, 4.69) is 20.9 Å². The number of aromatic nitrogens is 2. The van der Waals surface area contributed by atoms with Crippen molar-refractivity contribution in [3.05, 3.63) is 30.0 Å². The maximum atomic E-state index is 8.92. The number of rotatable bonds is 2. The van der Waals surface area contributed by atoms with Gasteiger partial charge in [0.1, 0.15) is 5.82 Å². The lowest BCUT2D eigenvalue weighted by atomic mass is 10.2. The van der Waals surface area contributed by atoms with Crippen molar-refractivity contribution in [1.29, 1.82) is 5.26 Å². The normalized spacial score (nSPS) is 19.7. The van der Waals surface area contributed by atoms with Gasteiger partial charge in [-0.25, -0.2) is 4.98 Å². The molecule has 0 unspecified atom stereocenters. The summed E-state index contributed by atoms with van der Waals surface area (Å²) >= 11 is 0. The highest BCUT2D eigenvalue weighted by Crippen LogP contribution is 2.28. The van der Waals surface area contributed by atoms with Gasteiger partial charge in [-0.15, -0.1) is 0 Å². The summed E-state index contributed by atoms with van der Waals surface area (Å²) in [6, 6.07) is 8.45. The summed E-state index contributed by atoms with van der Waals surface area (Å²) in [4.78, 5) is 14.1. The van der Waals surface area contributed by atoms with Gasteiger partial charge in [0.05, 0.1) is 28.9 Å². The van der Waals surface area contributed by atoms with Gasteiger partial charge in [0.15, 0.2) is 0 Å². The van der Waals surface area contributed by atoms with Gasteiger partial charge in [0, 0.05) is 32.2 Å². The van der Waals surface area contributed by atoms with Crippen molar-refractivity contribution >= 4 is 16.9 Å². The number of nitriles is 1. The average molecular weight is 279 g/mol. The number of piperazine rings is 1. The fourth-order valence-corrected chi connectivity index (χ4v) is 2.98. The van der Waals surface area contributed by atoms with Crippen molar-refractivity contribution in [2.24, 2.45) is 0 Å². The molecule has 4 rings (SSSR count). The second-order valence-corrected chi connectivity index (χ2v) is 5.80.